The van der Waals surface area contributed by atoms with E-state index in [0.29, 0.717) is 63.5 Å². The Labute approximate surface area is 391 Å². The van der Waals surface area contributed by atoms with Gasteiger partial charge in [-0.15, -0.1) is 11.3 Å². The number of hydrazine groups is 1. The maximum atomic E-state index is 14.8. The summed E-state index contributed by atoms with van der Waals surface area (Å²) in [5.41, 5.74) is 8.38. The fourth-order valence-electron chi connectivity index (χ4n) is 9.70. The van der Waals surface area contributed by atoms with Crippen molar-refractivity contribution in [2.45, 2.75) is 104 Å². The minimum Gasteiger partial charge on any atom is -0.378 e. The van der Waals surface area contributed by atoms with Crippen molar-refractivity contribution in [1.82, 2.24) is 45.0 Å². The summed E-state index contributed by atoms with van der Waals surface area (Å²) in [6, 6.07) is 8.00. The van der Waals surface area contributed by atoms with Gasteiger partial charge in [0.25, 0.3) is 5.91 Å². The van der Waals surface area contributed by atoms with E-state index in [4.69, 9.17) is 19.4 Å². The molecule has 3 aliphatic heterocycles. The summed E-state index contributed by atoms with van der Waals surface area (Å²) in [6.07, 6.45) is 5.85. The molecule has 4 aromatic rings. The number of thiazole rings is 1. The number of amides is 5. The van der Waals surface area contributed by atoms with Crippen LogP contribution in [0.5, 0.6) is 0 Å². The van der Waals surface area contributed by atoms with Gasteiger partial charge in [0.15, 0.2) is 0 Å². The fourth-order valence-corrected chi connectivity index (χ4v) is 10.6. The van der Waals surface area contributed by atoms with Gasteiger partial charge < -0.3 is 38.9 Å². The molecule has 6 heterocycles. The number of carbonyl (C=O) groups is 5. The van der Waals surface area contributed by atoms with Crippen LogP contribution in [0.4, 0.5) is 4.79 Å². The number of benzene rings is 1. The molecular weight excluding hydrogens is 859 g/mol. The van der Waals surface area contributed by atoms with Crippen molar-refractivity contribution >= 4 is 52.3 Å². The molecule has 16 nitrogen and oxygen atoms in total. The summed E-state index contributed by atoms with van der Waals surface area (Å²) in [4.78, 5) is 83.1. The van der Waals surface area contributed by atoms with Crippen LogP contribution >= 0.6 is 11.3 Å². The van der Waals surface area contributed by atoms with Crippen molar-refractivity contribution in [3.8, 4) is 22.5 Å². The van der Waals surface area contributed by atoms with Crippen LogP contribution in [0.2, 0.25) is 0 Å². The molecule has 354 valence electrons. The van der Waals surface area contributed by atoms with Crippen LogP contribution in [-0.2, 0) is 48.0 Å². The first-order valence-corrected chi connectivity index (χ1v) is 23.9. The van der Waals surface area contributed by atoms with E-state index in [1.54, 1.807) is 30.2 Å². The van der Waals surface area contributed by atoms with Gasteiger partial charge in [0.1, 0.15) is 23.9 Å². The Morgan fingerprint density at radius 2 is 1.89 bits per heavy atom. The van der Waals surface area contributed by atoms with Gasteiger partial charge in [-0.1, -0.05) is 40.3 Å². The third-order valence-corrected chi connectivity index (χ3v) is 14.0. The van der Waals surface area contributed by atoms with Gasteiger partial charge in [-0.3, -0.25) is 24.4 Å². The number of methoxy groups -OCH3 is 1. The number of likely N-dealkylation sites (N-methyl/N-ethyl adjacent to an activating group) is 1. The van der Waals surface area contributed by atoms with Gasteiger partial charge in [0.2, 0.25) is 11.8 Å². The number of pyridine rings is 1. The van der Waals surface area contributed by atoms with Crippen molar-refractivity contribution in [1.29, 1.82) is 0 Å². The zero-order valence-electron chi connectivity index (χ0n) is 39.6. The quantitative estimate of drug-likeness (QED) is 0.142. The lowest BCUT2D eigenvalue weighted by molar-refractivity contribution is -0.147. The normalized spacial score (nSPS) is 21.3. The molecule has 1 aromatic carbocycles. The third kappa shape index (κ3) is 9.94. The Hall–Kier alpha value is -5.49. The zero-order valence-corrected chi connectivity index (χ0v) is 40.4. The van der Waals surface area contributed by atoms with Crippen LogP contribution in [0.15, 0.2) is 54.6 Å². The molecule has 2 N–H and O–H groups in total. The monoisotopic (exact) mass is 923 g/mol. The molecule has 2 saturated heterocycles. The van der Waals surface area contributed by atoms with Gasteiger partial charge in [-0.2, -0.15) is 0 Å². The Kier molecular flexibility index (Phi) is 14.8. The molecule has 0 saturated carbocycles. The summed E-state index contributed by atoms with van der Waals surface area (Å²) in [6.45, 7) is 18.1. The van der Waals surface area contributed by atoms with Crippen LogP contribution in [0.1, 0.15) is 83.2 Å². The standard InChI is InChI=1S/C49H65N9O7S/c1-10-41(60)55-20-14-21-56(30-55)47(63)54(8)43(31(3)4)45(61)52-37-24-40-51-38(26-66-40)33-16-17-39-35(23-33)36(44(57(39)11-2)34-15-12-19-50-42(34)32(5)64-9)25-48(6,7)28-65-29-49(27-59)18-13-22-58(53-49)46(37)62/h10,12,15-17,19,23,26-27,31-32,37,43,53H,1,11,13-14,18,20-22,24-25,28-30H2,2-9H3,(H,52,61)/t32-,37-,43-,49?/m0/s1. The maximum Gasteiger partial charge on any atom is 0.321 e. The smallest absolute Gasteiger partial charge is 0.321 e. The predicted molar refractivity (Wildman–Crippen MR) is 254 cm³/mol. The van der Waals surface area contributed by atoms with Crippen molar-refractivity contribution < 1.29 is 33.4 Å². The number of nitrogens with one attached hydrogen (secondary N) is 2. The molecule has 17 heteroatoms. The highest BCUT2D eigenvalue weighted by atomic mass is 32.1. The minimum atomic E-state index is -1.19. The lowest BCUT2D eigenvalue weighted by Gasteiger charge is -2.42. The highest BCUT2D eigenvalue weighted by Crippen LogP contribution is 2.42. The van der Waals surface area contributed by atoms with Crippen LogP contribution in [0.25, 0.3) is 33.4 Å². The SMILES string of the molecule is C=CC(=O)N1CCCN(C(=O)N(C)[C@H](C(=O)N[C@H]2Cc3nc(cs3)-c3ccc4c(c3)c(c(-c3cccnc3[C@H](C)OC)n4CC)CC(C)(C)COCC3(C=O)CCCN(N3)C2=O)C(C)C)C1. The van der Waals surface area contributed by atoms with E-state index in [0.717, 1.165) is 51.0 Å². The molecule has 1 unspecified atom stereocenters. The van der Waals surface area contributed by atoms with Gasteiger partial charge in [0.05, 0.1) is 48.1 Å². The van der Waals surface area contributed by atoms with Crippen molar-refractivity contribution in [2.75, 3.05) is 53.7 Å². The average molecular weight is 924 g/mol. The number of nitrogens with zero attached hydrogens (tertiary/aromatic N) is 7. The number of fused-ring (bicyclic) bond motifs is 6. The van der Waals surface area contributed by atoms with E-state index in [2.05, 4.69) is 66.9 Å². The highest BCUT2D eigenvalue weighted by Gasteiger charge is 2.42. The molecular formula is C49H65N9O7S. The van der Waals surface area contributed by atoms with E-state index in [9.17, 15) is 24.0 Å². The fraction of sp³-hybridized carbons (Fsp3) is 0.531. The average Bonchev–Trinajstić information content (AvgIpc) is 3.91. The van der Waals surface area contributed by atoms with Gasteiger partial charge in [-0.05, 0) is 86.8 Å². The number of ether oxygens (including phenoxy) is 2. The van der Waals surface area contributed by atoms with Gasteiger partial charge >= 0.3 is 6.03 Å². The van der Waals surface area contributed by atoms with Crippen molar-refractivity contribution in [3.63, 3.8) is 0 Å². The summed E-state index contributed by atoms with van der Waals surface area (Å²) >= 11 is 1.40. The Balaban J connectivity index is 1.28. The minimum absolute atomic E-state index is 0.0249. The van der Waals surface area contributed by atoms with E-state index >= 15 is 0 Å². The van der Waals surface area contributed by atoms with Crippen molar-refractivity contribution in [2.24, 2.45) is 11.3 Å². The lowest BCUT2D eigenvalue weighted by atomic mass is 9.84. The first-order chi connectivity index (χ1) is 31.5. The molecule has 66 heavy (non-hydrogen) atoms. The van der Waals surface area contributed by atoms with Crippen LogP contribution in [0.3, 0.4) is 0 Å². The third-order valence-electron chi connectivity index (χ3n) is 13.1. The first-order valence-electron chi connectivity index (χ1n) is 23.0. The van der Waals surface area contributed by atoms with E-state index < -0.39 is 40.9 Å². The molecule has 0 radical (unpaired) electrons. The Morgan fingerprint density at radius 1 is 1.12 bits per heavy atom. The second kappa shape index (κ2) is 20.2. The second-order valence-corrected chi connectivity index (χ2v) is 19.9. The molecule has 2 fully saturated rings. The number of aromatic nitrogens is 3. The summed E-state index contributed by atoms with van der Waals surface area (Å²) in [7, 11) is 3.26. The van der Waals surface area contributed by atoms with E-state index in [1.807, 2.05) is 32.2 Å². The summed E-state index contributed by atoms with van der Waals surface area (Å²) < 4.78 is 14.7. The number of hydrogen-bond donors (Lipinski definition) is 2. The van der Waals surface area contributed by atoms with Crippen LogP contribution in [0, 0.1) is 11.3 Å². The lowest BCUT2D eigenvalue weighted by Crippen LogP contribution is -2.66. The molecule has 0 aliphatic carbocycles. The van der Waals surface area contributed by atoms with Crippen molar-refractivity contribution in [3.05, 3.63) is 70.8 Å². The molecule has 6 bridgehead atoms. The highest BCUT2D eigenvalue weighted by molar-refractivity contribution is 7.10. The molecule has 4 atom stereocenters. The Morgan fingerprint density at radius 3 is 2.61 bits per heavy atom. The van der Waals surface area contributed by atoms with Crippen LogP contribution in [-0.4, -0.2) is 136 Å². The number of urea groups is 1. The zero-order chi connectivity index (χ0) is 47.5. The van der Waals surface area contributed by atoms with Gasteiger partial charge in [-0.25, -0.2) is 15.2 Å². The van der Waals surface area contributed by atoms with E-state index in [1.165, 1.54) is 27.3 Å². The largest absolute Gasteiger partial charge is 0.378 e. The molecule has 3 aromatic heterocycles. The second-order valence-electron chi connectivity index (χ2n) is 19.0. The first kappa shape index (κ1) is 48.4. The molecule has 5 amide bonds. The number of carbonyl (C=O) groups excluding carboxylic acids is 5. The molecule has 0 spiro atoms. The Bertz CT molecular complexity index is 2470. The van der Waals surface area contributed by atoms with Crippen LogP contribution < -0.4 is 10.7 Å². The number of rotatable bonds is 10. The predicted octanol–water partition coefficient (Wildman–Crippen LogP) is 6.00. The number of aldehydes is 1. The maximum absolute atomic E-state index is 14.8. The topological polar surface area (TPSA) is 172 Å². The van der Waals surface area contributed by atoms with Gasteiger partial charge in [0, 0.05) is 80.4 Å². The number of aryl methyl sites for hydroxylation is 1. The number of hydrogen-bond acceptors (Lipinski definition) is 11. The summed E-state index contributed by atoms with van der Waals surface area (Å²) in [5.74, 6) is -1.56. The molecule has 3 aliphatic rings. The summed E-state index contributed by atoms with van der Waals surface area (Å²) in [5, 5.41) is 8.13. The van der Waals surface area contributed by atoms with E-state index in [-0.39, 0.29) is 37.6 Å². The molecule has 7 rings (SSSR count).